The van der Waals surface area contributed by atoms with Crippen LogP contribution in [0.25, 0.3) is 0 Å². The van der Waals surface area contributed by atoms with Crippen LogP contribution < -0.4 is 10.1 Å². The van der Waals surface area contributed by atoms with E-state index in [0.29, 0.717) is 18.7 Å². The maximum Gasteiger partial charge on any atom is 0.255 e. The molecule has 0 saturated carbocycles. The lowest BCUT2D eigenvalue weighted by molar-refractivity contribution is -0.125. The largest absolute Gasteiger partial charge is 0.496 e. The molecule has 3 aromatic carbocycles. The molecule has 0 fully saturated rings. The number of carbonyl (C=O) groups excluding carboxylic acids is 2. The number of ether oxygens (including phenoxy) is 1. The molecule has 0 aromatic heterocycles. The highest BCUT2D eigenvalue weighted by Crippen LogP contribution is 2.35. The predicted molar refractivity (Wildman–Crippen MR) is 115 cm³/mol. The summed E-state index contributed by atoms with van der Waals surface area (Å²) in [6, 6.07) is 22.3. The van der Waals surface area contributed by atoms with Crippen molar-refractivity contribution in [2.45, 2.75) is 26.1 Å². The molecule has 0 aliphatic carbocycles. The van der Waals surface area contributed by atoms with Crippen molar-refractivity contribution in [1.29, 1.82) is 0 Å². The molecule has 5 nitrogen and oxygen atoms in total. The van der Waals surface area contributed by atoms with Gasteiger partial charge in [-0.3, -0.25) is 9.59 Å². The molecular weight excluding hydrogens is 376 g/mol. The Balaban J connectivity index is 1.59. The molecule has 0 spiro atoms. The molecule has 0 saturated heterocycles. The van der Waals surface area contributed by atoms with Crippen molar-refractivity contribution in [3.05, 3.63) is 101 Å². The first-order chi connectivity index (χ1) is 14.6. The summed E-state index contributed by atoms with van der Waals surface area (Å²) in [6.45, 7) is 2.73. The van der Waals surface area contributed by atoms with Gasteiger partial charge in [-0.1, -0.05) is 66.2 Å². The van der Waals surface area contributed by atoms with Gasteiger partial charge in [-0.2, -0.15) is 0 Å². The van der Waals surface area contributed by atoms with Gasteiger partial charge in [0.15, 0.2) is 0 Å². The molecule has 1 atom stereocenters. The van der Waals surface area contributed by atoms with Gasteiger partial charge in [0.2, 0.25) is 5.91 Å². The number of para-hydroxylation sites is 1. The summed E-state index contributed by atoms with van der Waals surface area (Å²) < 4.78 is 5.37. The number of fused-ring (bicyclic) bond motifs is 1. The van der Waals surface area contributed by atoms with E-state index >= 15 is 0 Å². The van der Waals surface area contributed by atoms with E-state index in [0.717, 1.165) is 28.0 Å². The zero-order chi connectivity index (χ0) is 21.1. The Labute approximate surface area is 176 Å². The highest BCUT2D eigenvalue weighted by atomic mass is 16.5. The number of nitrogens with one attached hydrogen (secondary N) is 1. The quantitative estimate of drug-likeness (QED) is 0.680. The van der Waals surface area contributed by atoms with E-state index in [1.54, 1.807) is 18.1 Å². The molecule has 1 heterocycles. The second-order valence-electron chi connectivity index (χ2n) is 7.44. The van der Waals surface area contributed by atoms with Crippen LogP contribution in [0.4, 0.5) is 0 Å². The third-order valence-electron chi connectivity index (χ3n) is 5.43. The first-order valence-electron chi connectivity index (χ1n) is 9.93. The predicted octanol–water partition coefficient (Wildman–Crippen LogP) is 4.02. The summed E-state index contributed by atoms with van der Waals surface area (Å²) in [7, 11) is 1.61. The SMILES string of the molecule is COc1ccccc1CNC(=O)C1c2ccccc2C(=O)N1Cc1ccc(C)cc1. The maximum atomic E-state index is 13.2. The average Bonchev–Trinajstić information content (AvgIpc) is 3.05. The maximum absolute atomic E-state index is 13.2. The Hall–Kier alpha value is -3.60. The molecular formula is C25H24N2O3. The van der Waals surface area contributed by atoms with Crippen LogP contribution in [0, 0.1) is 6.92 Å². The van der Waals surface area contributed by atoms with Crippen LogP contribution in [0.2, 0.25) is 0 Å². The van der Waals surface area contributed by atoms with Gasteiger partial charge in [0.05, 0.1) is 7.11 Å². The van der Waals surface area contributed by atoms with Crippen molar-refractivity contribution in [1.82, 2.24) is 10.2 Å². The highest BCUT2D eigenvalue weighted by Gasteiger charge is 2.40. The standard InChI is InChI=1S/C25H24N2O3/c1-17-11-13-18(14-12-17)16-27-23(20-8-4-5-9-21(20)25(27)29)24(28)26-15-19-7-3-6-10-22(19)30-2/h3-14,23H,15-16H2,1-2H3,(H,26,28). The molecule has 4 rings (SSSR count). The van der Waals surface area contributed by atoms with Crippen molar-refractivity contribution < 1.29 is 14.3 Å². The van der Waals surface area contributed by atoms with Crippen LogP contribution in [-0.2, 0) is 17.9 Å². The molecule has 152 valence electrons. The van der Waals surface area contributed by atoms with Gasteiger partial charge in [-0.05, 0) is 30.2 Å². The van der Waals surface area contributed by atoms with Crippen molar-refractivity contribution in [2.24, 2.45) is 0 Å². The monoisotopic (exact) mass is 400 g/mol. The van der Waals surface area contributed by atoms with Gasteiger partial charge in [-0.25, -0.2) is 0 Å². The number of aryl methyl sites for hydroxylation is 1. The van der Waals surface area contributed by atoms with Gasteiger partial charge in [0.1, 0.15) is 11.8 Å². The Kier molecular flexibility index (Phi) is 5.53. The van der Waals surface area contributed by atoms with E-state index in [1.165, 1.54) is 0 Å². The smallest absolute Gasteiger partial charge is 0.255 e. The summed E-state index contributed by atoms with van der Waals surface area (Å²) in [5.41, 5.74) is 4.36. The summed E-state index contributed by atoms with van der Waals surface area (Å²) in [5, 5.41) is 2.99. The Bertz CT molecular complexity index is 1080. The minimum Gasteiger partial charge on any atom is -0.496 e. The van der Waals surface area contributed by atoms with Crippen LogP contribution >= 0.6 is 0 Å². The van der Waals surface area contributed by atoms with Gasteiger partial charge in [0.25, 0.3) is 5.91 Å². The fourth-order valence-corrected chi connectivity index (χ4v) is 3.83. The van der Waals surface area contributed by atoms with E-state index < -0.39 is 6.04 Å². The van der Waals surface area contributed by atoms with Gasteiger partial charge in [-0.15, -0.1) is 0 Å². The van der Waals surface area contributed by atoms with Crippen molar-refractivity contribution in [2.75, 3.05) is 7.11 Å². The summed E-state index contributed by atoms with van der Waals surface area (Å²) in [5.74, 6) is 0.396. The number of hydrogen-bond donors (Lipinski definition) is 1. The molecule has 1 unspecified atom stereocenters. The van der Waals surface area contributed by atoms with E-state index in [9.17, 15) is 9.59 Å². The minimum absolute atomic E-state index is 0.122. The topological polar surface area (TPSA) is 58.6 Å². The lowest BCUT2D eigenvalue weighted by Crippen LogP contribution is -2.38. The summed E-state index contributed by atoms with van der Waals surface area (Å²) in [6.07, 6.45) is 0. The Morgan fingerprint density at radius 1 is 1.00 bits per heavy atom. The van der Waals surface area contributed by atoms with Crippen LogP contribution in [0.3, 0.4) is 0 Å². The van der Waals surface area contributed by atoms with Gasteiger partial charge < -0.3 is 15.0 Å². The average molecular weight is 400 g/mol. The third kappa shape index (κ3) is 3.79. The lowest BCUT2D eigenvalue weighted by atomic mass is 10.0. The molecule has 1 N–H and O–H groups in total. The minimum atomic E-state index is -0.662. The van der Waals surface area contributed by atoms with Crippen molar-refractivity contribution >= 4 is 11.8 Å². The Morgan fingerprint density at radius 2 is 1.70 bits per heavy atom. The van der Waals surface area contributed by atoms with Crippen LogP contribution in [-0.4, -0.2) is 23.8 Å². The highest BCUT2D eigenvalue weighted by molar-refractivity contribution is 6.04. The van der Waals surface area contributed by atoms with E-state index in [4.69, 9.17) is 4.74 Å². The number of benzene rings is 3. The number of carbonyl (C=O) groups is 2. The number of methoxy groups -OCH3 is 1. The second kappa shape index (κ2) is 8.41. The van der Waals surface area contributed by atoms with Crippen molar-refractivity contribution in [3.8, 4) is 5.75 Å². The van der Waals surface area contributed by atoms with Crippen LogP contribution in [0.15, 0.2) is 72.8 Å². The van der Waals surface area contributed by atoms with Gasteiger partial charge >= 0.3 is 0 Å². The number of nitrogens with zero attached hydrogens (tertiary/aromatic N) is 1. The molecule has 0 bridgehead atoms. The van der Waals surface area contributed by atoms with E-state index in [1.807, 2.05) is 73.7 Å². The first-order valence-corrected chi connectivity index (χ1v) is 9.93. The zero-order valence-corrected chi connectivity index (χ0v) is 17.1. The van der Waals surface area contributed by atoms with Crippen LogP contribution in [0.1, 0.15) is 38.7 Å². The van der Waals surface area contributed by atoms with Gasteiger partial charge in [0, 0.05) is 24.2 Å². The fourth-order valence-electron chi connectivity index (χ4n) is 3.83. The fraction of sp³-hybridized carbons (Fsp3) is 0.200. The normalized spacial score (nSPS) is 15.1. The van der Waals surface area contributed by atoms with E-state index in [2.05, 4.69) is 5.32 Å². The Morgan fingerprint density at radius 3 is 2.47 bits per heavy atom. The molecule has 5 heteroatoms. The zero-order valence-electron chi connectivity index (χ0n) is 17.1. The molecule has 30 heavy (non-hydrogen) atoms. The first kappa shape index (κ1) is 19.7. The number of rotatable bonds is 6. The molecule has 3 aromatic rings. The summed E-state index contributed by atoms with van der Waals surface area (Å²) in [4.78, 5) is 28.0. The third-order valence-corrected chi connectivity index (χ3v) is 5.43. The molecule has 0 radical (unpaired) electrons. The second-order valence-corrected chi connectivity index (χ2v) is 7.44. The number of hydrogen-bond acceptors (Lipinski definition) is 3. The molecule has 2 amide bonds. The molecule has 1 aliphatic heterocycles. The van der Waals surface area contributed by atoms with E-state index in [-0.39, 0.29) is 11.8 Å². The van der Waals surface area contributed by atoms with Crippen LogP contribution in [0.5, 0.6) is 5.75 Å². The number of amides is 2. The summed E-state index contributed by atoms with van der Waals surface area (Å²) >= 11 is 0. The molecule has 1 aliphatic rings. The van der Waals surface area contributed by atoms with Crippen molar-refractivity contribution in [3.63, 3.8) is 0 Å². The lowest BCUT2D eigenvalue weighted by Gasteiger charge is -2.25.